The maximum Gasteiger partial charge on any atom is 0.324 e. The summed E-state index contributed by atoms with van der Waals surface area (Å²) >= 11 is 0. The molecule has 0 atom stereocenters. The molecule has 0 unspecified atom stereocenters. The zero-order chi connectivity index (χ0) is 14.1. The fourth-order valence-electron chi connectivity index (χ4n) is 2.29. The van der Waals surface area contributed by atoms with Gasteiger partial charge in [0.05, 0.1) is 11.5 Å². The average Bonchev–Trinajstić information content (AvgIpc) is 2.80. The maximum absolute atomic E-state index is 10.9. The molecule has 3 rings (SSSR count). The van der Waals surface area contributed by atoms with Crippen molar-refractivity contribution in [3.63, 3.8) is 0 Å². The summed E-state index contributed by atoms with van der Waals surface area (Å²) < 4.78 is 11.2. The highest BCUT2D eigenvalue weighted by atomic mass is 16.6. The number of hydrogen-bond donors (Lipinski definition) is 0. The Bertz CT molecular complexity index is 674. The van der Waals surface area contributed by atoms with Crippen LogP contribution in [0.15, 0.2) is 42.5 Å². The normalized spacial score (nSPS) is 13.2. The summed E-state index contributed by atoms with van der Waals surface area (Å²) in [6.45, 7) is 2.63. The third-order valence-electron chi connectivity index (χ3n) is 3.33. The molecule has 0 spiro atoms. The number of nitro benzene ring substituents is 1. The number of fused-ring (bicyclic) bond motifs is 1. The largest absolute Gasteiger partial charge is 0.450 e. The van der Waals surface area contributed by atoms with Crippen LogP contribution >= 0.6 is 0 Å². The molecule has 1 heterocycles. The number of hydrogen-bond acceptors (Lipinski definition) is 4. The first kappa shape index (κ1) is 12.7. The lowest BCUT2D eigenvalue weighted by molar-refractivity contribution is -0.385. The fraction of sp³-hybridized carbons (Fsp3) is 0.143. The van der Waals surface area contributed by atoms with E-state index in [9.17, 15) is 10.1 Å². The first-order chi connectivity index (χ1) is 9.65. The first-order valence-corrected chi connectivity index (χ1v) is 6.31. The molecular formula is C14H12BNO4. The standard InChI is InChI=1S/C14H12BNO4/c1-15-12-7-6-11(8-10(12)9-19-15)20-14-5-3-2-4-13(14)16(17)18/h2-8H,9H2,1H3. The molecule has 0 saturated carbocycles. The monoisotopic (exact) mass is 269 g/mol. The summed E-state index contributed by atoms with van der Waals surface area (Å²) in [5.74, 6) is 0.820. The van der Waals surface area contributed by atoms with Gasteiger partial charge in [0.25, 0.3) is 0 Å². The van der Waals surface area contributed by atoms with E-state index in [2.05, 4.69) is 0 Å². The molecule has 0 aliphatic carbocycles. The van der Waals surface area contributed by atoms with Crippen molar-refractivity contribution >= 4 is 18.1 Å². The van der Waals surface area contributed by atoms with Gasteiger partial charge < -0.3 is 9.39 Å². The lowest BCUT2D eigenvalue weighted by Gasteiger charge is -2.07. The van der Waals surface area contributed by atoms with Gasteiger partial charge in [-0.2, -0.15) is 0 Å². The van der Waals surface area contributed by atoms with Crippen LogP contribution in [0.4, 0.5) is 5.69 Å². The SMILES string of the molecule is CB1OCc2cc(Oc3ccccc3[N+](=O)[O-])ccc21. The van der Waals surface area contributed by atoms with E-state index in [1.54, 1.807) is 24.3 Å². The van der Waals surface area contributed by atoms with E-state index in [0.29, 0.717) is 12.4 Å². The van der Waals surface area contributed by atoms with Gasteiger partial charge in [0, 0.05) is 6.07 Å². The van der Waals surface area contributed by atoms with Crippen LogP contribution in [0.5, 0.6) is 11.5 Å². The summed E-state index contributed by atoms with van der Waals surface area (Å²) in [5.41, 5.74) is 2.16. The lowest BCUT2D eigenvalue weighted by atomic mass is 9.64. The highest BCUT2D eigenvalue weighted by Gasteiger charge is 2.24. The Morgan fingerprint density at radius 3 is 2.90 bits per heavy atom. The molecule has 0 amide bonds. The predicted octanol–water partition coefficient (Wildman–Crippen LogP) is 2.75. The molecule has 5 nitrogen and oxygen atoms in total. The molecule has 0 aromatic heterocycles. The smallest absolute Gasteiger partial charge is 0.324 e. The van der Waals surface area contributed by atoms with Gasteiger partial charge in [-0.15, -0.1) is 0 Å². The summed E-state index contributed by atoms with van der Waals surface area (Å²) in [6.07, 6.45) is 0. The predicted molar refractivity (Wildman–Crippen MR) is 75.7 cm³/mol. The lowest BCUT2D eigenvalue weighted by Crippen LogP contribution is -2.23. The molecule has 2 aromatic carbocycles. The minimum Gasteiger partial charge on any atom is -0.450 e. The summed E-state index contributed by atoms with van der Waals surface area (Å²) in [5, 5.41) is 10.9. The molecule has 20 heavy (non-hydrogen) atoms. The van der Waals surface area contributed by atoms with Crippen molar-refractivity contribution in [2.24, 2.45) is 0 Å². The Labute approximate surface area is 116 Å². The van der Waals surface area contributed by atoms with Gasteiger partial charge in [-0.05, 0) is 29.2 Å². The van der Waals surface area contributed by atoms with Crippen molar-refractivity contribution in [2.75, 3.05) is 0 Å². The van der Waals surface area contributed by atoms with Crippen molar-refractivity contribution in [3.05, 3.63) is 58.1 Å². The fourth-order valence-corrected chi connectivity index (χ4v) is 2.29. The number of ether oxygens (including phenoxy) is 1. The first-order valence-electron chi connectivity index (χ1n) is 6.31. The third kappa shape index (κ3) is 2.25. The van der Waals surface area contributed by atoms with Crippen molar-refractivity contribution in [3.8, 4) is 11.5 Å². The molecule has 0 saturated heterocycles. The van der Waals surface area contributed by atoms with Crippen LogP contribution in [0.25, 0.3) is 0 Å². The van der Waals surface area contributed by atoms with Crippen molar-refractivity contribution in [1.29, 1.82) is 0 Å². The Kier molecular flexibility index (Phi) is 3.16. The van der Waals surface area contributed by atoms with E-state index >= 15 is 0 Å². The highest BCUT2D eigenvalue weighted by molar-refractivity contribution is 6.67. The molecule has 0 radical (unpaired) electrons. The van der Waals surface area contributed by atoms with Crippen LogP contribution in [0, 0.1) is 10.1 Å². The van der Waals surface area contributed by atoms with Crippen LogP contribution < -0.4 is 10.2 Å². The number of benzene rings is 2. The molecule has 0 bridgehead atoms. The zero-order valence-corrected chi connectivity index (χ0v) is 10.9. The molecule has 0 fully saturated rings. The Morgan fingerprint density at radius 1 is 1.30 bits per heavy atom. The maximum atomic E-state index is 10.9. The van der Waals surface area contributed by atoms with Crippen LogP contribution in [0.2, 0.25) is 6.82 Å². The van der Waals surface area contributed by atoms with Gasteiger partial charge in [0.1, 0.15) is 5.75 Å². The second-order valence-corrected chi connectivity index (χ2v) is 4.64. The van der Waals surface area contributed by atoms with Gasteiger partial charge in [0.2, 0.25) is 5.75 Å². The summed E-state index contributed by atoms with van der Waals surface area (Å²) in [4.78, 5) is 10.5. The average molecular weight is 269 g/mol. The van der Waals surface area contributed by atoms with E-state index in [0.717, 1.165) is 11.0 Å². The van der Waals surface area contributed by atoms with Gasteiger partial charge in [-0.1, -0.05) is 25.0 Å². The highest BCUT2D eigenvalue weighted by Crippen LogP contribution is 2.31. The molecule has 6 heteroatoms. The molecule has 2 aromatic rings. The number of para-hydroxylation sites is 2. The van der Waals surface area contributed by atoms with Gasteiger partial charge in [0.15, 0.2) is 0 Å². The van der Waals surface area contributed by atoms with Crippen molar-refractivity contribution in [1.82, 2.24) is 0 Å². The topological polar surface area (TPSA) is 61.6 Å². The second-order valence-electron chi connectivity index (χ2n) is 4.64. The van der Waals surface area contributed by atoms with E-state index in [-0.39, 0.29) is 18.4 Å². The van der Waals surface area contributed by atoms with E-state index in [1.807, 2.05) is 19.0 Å². The van der Waals surface area contributed by atoms with Crippen molar-refractivity contribution in [2.45, 2.75) is 13.4 Å². The Hall–Kier alpha value is -2.34. The number of nitrogens with zero attached hydrogens (tertiary/aromatic N) is 1. The minimum absolute atomic E-state index is 0.0439. The van der Waals surface area contributed by atoms with E-state index in [1.165, 1.54) is 6.07 Å². The second kappa shape index (κ2) is 4.98. The third-order valence-corrected chi connectivity index (χ3v) is 3.33. The van der Waals surface area contributed by atoms with Gasteiger partial charge >= 0.3 is 12.6 Å². The van der Waals surface area contributed by atoms with Crippen LogP contribution in [0.1, 0.15) is 5.56 Å². The molecule has 100 valence electrons. The van der Waals surface area contributed by atoms with Crippen LogP contribution in [-0.4, -0.2) is 11.8 Å². The zero-order valence-electron chi connectivity index (χ0n) is 10.9. The molecule has 1 aliphatic rings. The Balaban J connectivity index is 1.91. The summed E-state index contributed by atoms with van der Waals surface area (Å²) in [6, 6.07) is 12.0. The molecular weight excluding hydrogens is 257 g/mol. The number of rotatable bonds is 3. The van der Waals surface area contributed by atoms with Crippen molar-refractivity contribution < 1.29 is 14.3 Å². The van der Waals surface area contributed by atoms with Gasteiger partial charge in [-0.25, -0.2) is 0 Å². The summed E-state index contributed by atoms with van der Waals surface area (Å²) in [7, 11) is 0. The minimum atomic E-state index is -0.451. The van der Waals surface area contributed by atoms with E-state index < -0.39 is 4.92 Å². The Morgan fingerprint density at radius 2 is 2.10 bits per heavy atom. The molecule has 1 aliphatic heterocycles. The molecule has 0 N–H and O–H groups in total. The van der Waals surface area contributed by atoms with Crippen LogP contribution in [-0.2, 0) is 11.3 Å². The number of nitro groups is 1. The van der Waals surface area contributed by atoms with Gasteiger partial charge in [-0.3, -0.25) is 10.1 Å². The van der Waals surface area contributed by atoms with Crippen LogP contribution in [0.3, 0.4) is 0 Å². The van der Waals surface area contributed by atoms with E-state index in [4.69, 9.17) is 9.39 Å². The quantitative estimate of drug-likeness (QED) is 0.488.